The molecule has 0 saturated carbocycles. The van der Waals surface area contributed by atoms with Crippen LogP contribution >= 0.6 is 0 Å². The highest BCUT2D eigenvalue weighted by atomic mass is 16.8. The smallest absolute Gasteiger partial charge is 0.303 e. The second-order valence-corrected chi connectivity index (χ2v) is 16.3. The molecule has 25 nitrogen and oxygen atoms in total. The van der Waals surface area contributed by atoms with E-state index in [9.17, 15) is 76.0 Å². The molecule has 25 heteroatoms. The number of esters is 1. The molecule has 0 bridgehead atoms. The molecule has 20 atom stereocenters. The molecule has 4 saturated heterocycles. The van der Waals surface area contributed by atoms with Crippen molar-refractivity contribution in [2.24, 2.45) is 0 Å². The number of aliphatic hydroxyl groups is 10. The first-order chi connectivity index (χ1) is 31.2. The zero-order valence-electron chi connectivity index (χ0n) is 35.1. The van der Waals surface area contributed by atoms with Gasteiger partial charge >= 0.3 is 5.97 Å². The van der Waals surface area contributed by atoms with Gasteiger partial charge in [0.25, 0.3) is 0 Å². The first kappa shape index (κ1) is 49.5. The van der Waals surface area contributed by atoms with Crippen LogP contribution in [0.4, 0.5) is 0 Å². The number of aliphatic hydroxyl groups excluding tert-OH is 10. The lowest BCUT2D eigenvalue weighted by atomic mass is 9.96. The summed E-state index contributed by atoms with van der Waals surface area (Å²) in [6.45, 7) is 2.11. The van der Waals surface area contributed by atoms with Crippen LogP contribution < -0.4 is 10.2 Å². The third-order valence-electron chi connectivity index (χ3n) is 11.6. The van der Waals surface area contributed by atoms with Crippen molar-refractivity contribution in [2.75, 3.05) is 13.2 Å². The molecule has 366 valence electrons. The maximum atomic E-state index is 14.4. The number of phenolic OH excluding ortho intramolecular Hbond substituents is 3. The molecule has 4 aliphatic rings. The molecule has 7 rings (SSSR count). The van der Waals surface area contributed by atoms with Crippen LogP contribution in [0.2, 0.25) is 0 Å². The number of hydrogen-bond acceptors (Lipinski definition) is 25. The molecule has 0 radical (unpaired) electrons. The van der Waals surface area contributed by atoms with Crippen LogP contribution in [0.3, 0.4) is 0 Å². The van der Waals surface area contributed by atoms with E-state index in [4.69, 9.17) is 47.0 Å². The van der Waals surface area contributed by atoms with Crippen molar-refractivity contribution in [3.8, 4) is 34.3 Å². The SMILES string of the molecule is CC(=O)O[C@@H]1C(C)O[C@H](O[C@H]2C(O)[C@@H](O)C(CO[C@@H]3OC(C)[C@@H](O)C(O)[C@@H]3O)O[C@H]2Oc2c(-c3ccc(O)cc3)oc3cc(O)cc(O)c3c2=O)[C@@H](O[C@@H]2OC(CO)[C@@H](O)C(O)[C@@H]2O)C1O. The van der Waals surface area contributed by atoms with E-state index in [0.29, 0.717) is 0 Å². The van der Waals surface area contributed by atoms with E-state index < -0.39 is 176 Å². The Morgan fingerprint density at radius 3 is 1.88 bits per heavy atom. The number of phenols is 3. The quantitative estimate of drug-likeness (QED) is 0.0767. The van der Waals surface area contributed by atoms with Crippen LogP contribution in [0.1, 0.15) is 20.8 Å². The Bertz CT molecular complexity index is 2200. The Morgan fingerprint density at radius 2 is 1.21 bits per heavy atom. The van der Waals surface area contributed by atoms with Crippen LogP contribution in [-0.4, -0.2) is 208 Å². The highest BCUT2D eigenvalue weighted by molar-refractivity contribution is 5.88. The second-order valence-electron chi connectivity index (χ2n) is 16.3. The van der Waals surface area contributed by atoms with Crippen molar-refractivity contribution in [1.29, 1.82) is 0 Å². The van der Waals surface area contributed by atoms with Gasteiger partial charge in [0, 0.05) is 24.6 Å². The first-order valence-electron chi connectivity index (χ1n) is 20.6. The zero-order chi connectivity index (χ0) is 48.0. The topological polar surface area (TPSA) is 393 Å². The Morgan fingerprint density at radius 1 is 0.621 bits per heavy atom. The maximum Gasteiger partial charge on any atom is 0.303 e. The van der Waals surface area contributed by atoms with E-state index in [0.717, 1.165) is 19.1 Å². The van der Waals surface area contributed by atoms with E-state index >= 15 is 0 Å². The summed E-state index contributed by atoms with van der Waals surface area (Å²) in [6.07, 6.45) is -35.8. The fourth-order valence-electron chi connectivity index (χ4n) is 8.01. The fraction of sp³-hybridized carbons (Fsp3) is 0.610. The molecule has 4 fully saturated rings. The number of benzene rings is 2. The van der Waals surface area contributed by atoms with Crippen molar-refractivity contribution in [2.45, 2.75) is 144 Å². The van der Waals surface area contributed by atoms with Gasteiger partial charge in [0.1, 0.15) is 101 Å². The minimum absolute atomic E-state index is 0.0637. The van der Waals surface area contributed by atoms with E-state index in [2.05, 4.69) is 0 Å². The van der Waals surface area contributed by atoms with Gasteiger partial charge in [-0.15, -0.1) is 0 Å². The summed E-state index contributed by atoms with van der Waals surface area (Å²) in [5.74, 6) is -3.50. The largest absolute Gasteiger partial charge is 0.508 e. The monoisotopic (exact) mass is 944 g/mol. The first-order valence-corrected chi connectivity index (χ1v) is 20.6. The molecule has 13 N–H and O–H groups in total. The third-order valence-corrected chi connectivity index (χ3v) is 11.6. The molecule has 1 aromatic heterocycles. The van der Waals surface area contributed by atoms with Gasteiger partial charge in [-0.2, -0.15) is 0 Å². The van der Waals surface area contributed by atoms with Gasteiger partial charge in [0.05, 0.1) is 25.4 Å². The normalized spacial score (nSPS) is 39.7. The number of ether oxygens (including phenoxy) is 9. The molecular formula is C41H52O25. The lowest BCUT2D eigenvalue weighted by Gasteiger charge is -2.48. The molecule has 0 amide bonds. The predicted molar refractivity (Wildman–Crippen MR) is 212 cm³/mol. The highest BCUT2D eigenvalue weighted by Gasteiger charge is 2.55. The Hall–Kier alpha value is -4.36. The third kappa shape index (κ3) is 9.80. The standard InChI is InChI=1S/C41H52O25/c1-12-23(47)27(51)30(54)38(58-12)57-11-21-25(49)29(53)36(41(63-21)64-35-26(50)22-18(46)8-17(45)9-19(22)61-34(35)15-4-6-16(44)7-5-15)66-40-37(32(56)33(13(2)59-40)60-14(3)43)65-39-31(55)28(52)24(48)20(10-42)62-39/h4-9,12-13,20-21,23-25,27-33,36-42,44-49,51-56H,10-11H2,1-3H3/t12?,13?,20?,21?,23-,24-,25+,27?,28?,29?,30+,31+,32?,33-,36+,37+,38-,39+,40-,41+/m1/s1. The van der Waals surface area contributed by atoms with Crippen molar-refractivity contribution in [3.63, 3.8) is 0 Å². The lowest BCUT2D eigenvalue weighted by molar-refractivity contribution is -0.388. The number of carbonyl (C=O) groups is 1. The summed E-state index contributed by atoms with van der Waals surface area (Å²) < 4.78 is 58.2. The summed E-state index contributed by atoms with van der Waals surface area (Å²) in [6, 6.07) is 6.92. The zero-order valence-corrected chi connectivity index (χ0v) is 35.1. The van der Waals surface area contributed by atoms with Crippen LogP contribution in [0.5, 0.6) is 23.0 Å². The van der Waals surface area contributed by atoms with Crippen LogP contribution in [0.25, 0.3) is 22.3 Å². The maximum absolute atomic E-state index is 14.4. The summed E-state index contributed by atoms with van der Waals surface area (Å²) in [7, 11) is 0. The van der Waals surface area contributed by atoms with Gasteiger partial charge in [-0.3, -0.25) is 9.59 Å². The van der Waals surface area contributed by atoms with Gasteiger partial charge in [-0.05, 0) is 38.1 Å². The molecule has 5 heterocycles. The van der Waals surface area contributed by atoms with Gasteiger partial charge in [-0.25, -0.2) is 0 Å². The Balaban J connectivity index is 1.29. The molecule has 0 aliphatic carbocycles. The molecule has 66 heavy (non-hydrogen) atoms. The minimum Gasteiger partial charge on any atom is -0.508 e. The van der Waals surface area contributed by atoms with Crippen molar-refractivity contribution in [1.82, 2.24) is 0 Å². The Kier molecular flexibility index (Phi) is 15.1. The summed E-state index contributed by atoms with van der Waals surface area (Å²) in [5, 5.41) is 138. The predicted octanol–water partition coefficient (Wildman–Crippen LogP) is -4.15. The van der Waals surface area contributed by atoms with Crippen LogP contribution in [-0.2, 0) is 42.7 Å². The summed E-state index contributed by atoms with van der Waals surface area (Å²) in [4.78, 5) is 26.5. The van der Waals surface area contributed by atoms with Crippen LogP contribution in [0.15, 0.2) is 45.6 Å². The van der Waals surface area contributed by atoms with Crippen molar-refractivity contribution < 1.29 is 118 Å². The summed E-state index contributed by atoms with van der Waals surface area (Å²) >= 11 is 0. The van der Waals surface area contributed by atoms with E-state index in [1.54, 1.807) is 0 Å². The molecule has 8 unspecified atom stereocenters. The van der Waals surface area contributed by atoms with E-state index in [-0.39, 0.29) is 16.9 Å². The summed E-state index contributed by atoms with van der Waals surface area (Å²) in [5.41, 5.74) is -1.37. The van der Waals surface area contributed by atoms with E-state index in [1.165, 1.54) is 38.1 Å². The van der Waals surface area contributed by atoms with Gasteiger partial charge in [0.2, 0.25) is 17.5 Å². The number of carbonyl (C=O) groups excluding carboxylic acids is 1. The highest BCUT2D eigenvalue weighted by Crippen LogP contribution is 2.40. The number of rotatable bonds is 12. The van der Waals surface area contributed by atoms with Gasteiger partial charge in [0.15, 0.2) is 36.8 Å². The fourth-order valence-corrected chi connectivity index (χ4v) is 8.01. The minimum atomic E-state index is -2.17. The Labute approximate surface area is 372 Å². The van der Waals surface area contributed by atoms with Crippen molar-refractivity contribution in [3.05, 3.63) is 46.6 Å². The van der Waals surface area contributed by atoms with Crippen molar-refractivity contribution >= 4 is 16.9 Å². The molecule has 3 aromatic rings. The average molecular weight is 945 g/mol. The lowest BCUT2D eigenvalue weighted by Crippen LogP contribution is -2.67. The molecule has 4 aliphatic heterocycles. The van der Waals surface area contributed by atoms with Crippen LogP contribution in [0, 0.1) is 0 Å². The molecule has 2 aromatic carbocycles. The van der Waals surface area contributed by atoms with E-state index in [1.807, 2.05) is 0 Å². The number of fused-ring (bicyclic) bond motifs is 1. The van der Waals surface area contributed by atoms with Gasteiger partial charge in [-0.1, -0.05) is 0 Å². The molecular weight excluding hydrogens is 892 g/mol. The second kappa shape index (κ2) is 20.1. The number of hydrogen-bond donors (Lipinski definition) is 13. The van der Waals surface area contributed by atoms with Gasteiger partial charge < -0.3 is 113 Å². The average Bonchev–Trinajstić information content (AvgIpc) is 3.27. The molecule has 0 spiro atoms. The number of aromatic hydroxyl groups is 3.